The summed E-state index contributed by atoms with van der Waals surface area (Å²) in [6.45, 7) is 4.28. The molecule has 1 atom stereocenters. The van der Waals surface area contributed by atoms with Crippen LogP contribution in [-0.2, 0) is 22.6 Å². The number of benzene rings is 2. The third-order valence-electron chi connectivity index (χ3n) is 5.91. The molecular weight excluding hydrogens is 396 g/mol. The van der Waals surface area contributed by atoms with Gasteiger partial charge in [0, 0.05) is 24.0 Å². The van der Waals surface area contributed by atoms with Gasteiger partial charge in [-0.2, -0.15) is 0 Å². The predicted octanol–water partition coefficient (Wildman–Crippen LogP) is 5.06. The van der Waals surface area contributed by atoms with Crippen LogP contribution in [0.25, 0.3) is 0 Å². The minimum Gasteiger partial charge on any atom is -0.352 e. The molecule has 0 aromatic heterocycles. The molecule has 0 unspecified atom stereocenters. The molecule has 0 bridgehead atoms. The predicted molar refractivity (Wildman–Crippen MR) is 121 cm³/mol. The number of carbonyl (C=O) groups is 2. The zero-order valence-electron chi connectivity index (χ0n) is 17.9. The van der Waals surface area contributed by atoms with Gasteiger partial charge < -0.3 is 10.2 Å². The summed E-state index contributed by atoms with van der Waals surface area (Å²) in [7, 11) is 0. The Hall–Kier alpha value is -2.33. The second kappa shape index (κ2) is 10.6. The summed E-state index contributed by atoms with van der Waals surface area (Å²) in [5.74, 6) is -0.107. The molecule has 0 aliphatic heterocycles. The Morgan fingerprint density at radius 3 is 2.43 bits per heavy atom. The SMILES string of the molecule is Cc1ccc(CN(C(=O)CCc2ccccc2Cl)[C@H](C)C(=O)NC2CCCC2)cc1. The molecule has 3 rings (SSSR count). The maximum atomic E-state index is 13.2. The topological polar surface area (TPSA) is 49.4 Å². The lowest BCUT2D eigenvalue weighted by atomic mass is 10.1. The van der Waals surface area contributed by atoms with Gasteiger partial charge in [0.15, 0.2) is 0 Å². The molecule has 2 amide bonds. The molecule has 2 aromatic rings. The van der Waals surface area contributed by atoms with Gasteiger partial charge in [0.25, 0.3) is 0 Å². The van der Waals surface area contributed by atoms with Crippen molar-refractivity contribution in [2.75, 3.05) is 0 Å². The first-order chi connectivity index (χ1) is 14.4. The molecular formula is C25H31ClN2O2. The molecule has 1 saturated carbocycles. The zero-order chi connectivity index (χ0) is 21.5. The van der Waals surface area contributed by atoms with Gasteiger partial charge in [-0.05, 0) is 50.3 Å². The summed E-state index contributed by atoms with van der Waals surface area (Å²) in [5.41, 5.74) is 3.14. The molecule has 160 valence electrons. The highest BCUT2D eigenvalue weighted by Crippen LogP contribution is 2.20. The van der Waals surface area contributed by atoms with Crippen molar-refractivity contribution in [3.63, 3.8) is 0 Å². The lowest BCUT2D eigenvalue weighted by Gasteiger charge is -2.30. The van der Waals surface area contributed by atoms with Gasteiger partial charge in [0.1, 0.15) is 6.04 Å². The quantitative estimate of drug-likeness (QED) is 0.641. The fourth-order valence-corrected chi connectivity index (χ4v) is 4.18. The van der Waals surface area contributed by atoms with E-state index in [1.807, 2.05) is 62.4 Å². The molecule has 1 N–H and O–H groups in total. The third-order valence-corrected chi connectivity index (χ3v) is 6.28. The van der Waals surface area contributed by atoms with Crippen LogP contribution in [0.5, 0.6) is 0 Å². The van der Waals surface area contributed by atoms with E-state index in [0.717, 1.165) is 36.8 Å². The molecule has 0 saturated heterocycles. The minimum atomic E-state index is -0.523. The molecule has 5 heteroatoms. The highest BCUT2D eigenvalue weighted by atomic mass is 35.5. The number of hydrogen-bond acceptors (Lipinski definition) is 2. The largest absolute Gasteiger partial charge is 0.352 e. The van der Waals surface area contributed by atoms with Gasteiger partial charge in [-0.1, -0.05) is 72.5 Å². The monoisotopic (exact) mass is 426 g/mol. The van der Waals surface area contributed by atoms with E-state index >= 15 is 0 Å². The normalized spacial score (nSPS) is 15.0. The number of amides is 2. The van der Waals surface area contributed by atoms with Gasteiger partial charge in [0.05, 0.1) is 0 Å². The Balaban J connectivity index is 1.71. The van der Waals surface area contributed by atoms with Crippen LogP contribution in [0.1, 0.15) is 55.7 Å². The van der Waals surface area contributed by atoms with E-state index in [-0.39, 0.29) is 17.9 Å². The van der Waals surface area contributed by atoms with Crippen molar-refractivity contribution in [3.8, 4) is 0 Å². The summed E-state index contributed by atoms with van der Waals surface area (Å²) in [4.78, 5) is 27.8. The Morgan fingerprint density at radius 2 is 1.77 bits per heavy atom. The number of rotatable bonds is 8. The fourth-order valence-electron chi connectivity index (χ4n) is 3.95. The van der Waals surface area contributed by atoms with Crippen LogP contribution in [0, 0.1) is 6.92 Å². The fraction of sp³-hybridized carbons (Fsp3) is 0.440. The van der Waals surface area contributed by atoms with E-state index in [0.29, 0.717) is 24.4 Å². The van der Waals surface area contributed by atoms with Gasteiger partial charge in [-0.3, -0.25) is 9.59 Å². The summed E-state index contributed by atoms with van der Waals surface area (Å²) in [6.07, 6.45) is 5.23. The van der Waals surface area contributed by atoms with Crippen molar-refractivity contribution < 1.29 is 9.59 Å². The van der Waals surface area contributed by atoms with Crippen molar-refractivity contribution in [3.05, 3.63) is 70.2 Å². The zero-order valence-corrected chi connectivity index (χ0v) is 18.6. The third kappa shape index (κ3) is 6.09. The van der Waals surface area contributed by atoms with E-state index in [2.05, 4.69) is 5.32 Å². The maximum Gasteiger partial charge on any atom is 0.242 e. The number of nitrogens with one attached hydrogen (secondary N) is 1. The average molecular weight is 427 g/mol. The Morgan fingerprint density at radius 1 is 1.10 bits per heavy atom. The van der Waals surface area contributed by atoms with E-state index < -0.39 is 6.04 Å². The number of hydrogen-bond donors (Lipinski definition) is 1. The summed E-state index contributed by atoms with van der Waals surface area (Å²) >= 11 is 6.25. The summed E-state index contributed by atoms with van der Waals surface area (Å²) < 4.78 is 0. The molecule has 2 aromatic carbocycles. The van der Waals surface area contributed by atoms with Crippen LogP contribution in [0.2, 0.25) is 5.02 Å². The first-order valence-corrected chi connectivity index (χ1v) is 11.2. The second-order valence-electron chi connectivity index (χ2n) is 8.26. The lowest BCUT2D eigenvalue weighted by Crippen LogP contribution is -2.49. The van der Waals surface area contributed by atoms with Crippen molar-refractivity contribution in [2.45, 2.75) is 71.0 Å². The van der Waals surface area contributed by atoms with Crippen LogP contribution in [0.15, 0.2) is 48.5 Å². The minimum absolute atomic E-state index is 0.0374. The van der Waals surface area contributed by atoms with Crippen molar-refractivity contribution >= 4 is 23.4 Å². The highest BCUT2D eigenvalue weighted by molar-refractivity contribution is 6.31. The maximum absolute atomic E-state index is 13.2. The van der Waals surface area contributed by atoms with Crippen molar-refractivity contribution in [2.24, 2.45) is 0 Å². The number of carbonyl (C=O) groups excluding carboxylic acids is 2. The summed E-state index contributed by atoms with van der Waals surface area (Å²) in [5, 5.41) is 3.81. The number of aryl methyl sites for hydroxylation is 2. The van der Waals surface area contributed by atoms with E-state index in [4.69, 9.17) is 11.6 Å². The molecule has 0 heterocycles. The molecule has 1 aliphatic rings. The van der Waals surface area contributed by atoms with Crippen molar-refractivity contribution in [1.29, 1.82) is 0 Å². The van der Waals surface area contributed by atoms with E-state index in [9.17, 15) is 9.59 Å². The molecule has 30 heavy (non-hydrogen) atoms. The average Bonchev–Trinajstić information content (AvgIpc) is 3.25. The van der Waals surface area contributed by atoms with Gasteiger partial charge in [0.2, 0.25) is 11.8 Å². The van der Waals surface area contributed by atoms with Gasteiger partial charge >= 0.3 is 0 Å². The van der Waals surface area contributed by atoms with Crippen molar-refractivity contribution in [1.82, 2.24) is 10.2 Å². The van der Waals surface area contributed by atoms with Gasteiger partial charge in [-0.25, -0.2) is 0 Å². The smallest absolute Gasteiger partial charge is 0.242 e. The van der Waals surface area contributed by atoms with Gasteiger partial charge in [-0.15, -0.1) is 0 Å². The Labute approximate surface area is 184 Å². The van der Waals surface area contributed by atoms with Crippen LogP contribution >= 0.6 is 11.6 Å². The second-order valence-corrected chi connectivity index (χ2v) is 8.67. The molecule has 0 spiro atoms. The lowest BCUT2D eigenvalue weighted by molar-refractivity contribution is -0.140. The highest BCUT2D eigenvalue weighted by Gasteiger charge is 2.28. The molecule has 1 fully saturated rings. The number of nitrogens with zero attached hydrogens (tertiary/aromatic N) is 1. The molecule has 0 radical (unpaired) electrons. The van der Waals surface area contributed by atoms with Crippen LogP contribution in [-0.4, -0.2) is 28.8 Å². The molecule has 1 aliphatic carbocycles. The van der Waals surface area contributed by atoms with Crippen LogP contribution < -0.4 is 5.32 Å². The Kier molecular flexibility index (Phi) is 7.92. The number of halogens is 1. The van der Waals surface area contributed by atoms with Crippen LogP contribution in [0.3, 0.4) is 0 Å². The Bertz CT molecular complexity index is 860. The van der Waals surface area contributed by atoms with E-state index in [1.54, 1.807) is 4.90 Å². The molecule has 4 nitrogen and oxygen atoms in total. The summed E-state index contributed by atoms with van der Waals surface area (Å²) in [6, 6.07) is 15.4. The van der Waals surface area contributed by atoms with Crippen LogP contribution in [0.4, 0.5) is 0 Å². The first-order valence-electron chi connectivity index (χ1n) is 10.8. The van der Waals surface area contributed by atoms with E-state index in [1.165, 1.54) is 5.56 Å². The standard InChI is InChI=1S/C25H31ClN2O2/c1-18-11-13-20(14-12-18)17-28(19(2)25(30)27-22-8-4-5-9-22)24(29)16-15-21-7-3-6-10-23(21)26/h3,6-7,10-14,19,22H,4-5,8-9,15-17H2,1-2H3,(H,27,30)/t19-/m1/s1. The first kappa shape index (κ1) is 22.4.